The summed E-state index contributed by atoms with van der Waals surface area (Å²) < 4.78 is 0. The summed E-state index contributed by atoms with van der Waals surface area (Å²) in [5, 5.41) is 12.0. The van der Waals surface area contributed by atoms with Gasteiger partial charge in [0.2, 0.25) is 0 Å². The van der Waals surface area contributed by atoms with Crippen LogP contribution in [-0.4, -0.2) is 5.11 Å². The second kappa shape index (κ2) is 3.43. The van der Waals surface area contributed by atoms with Gasteiger partial charge >= 0.3 is 0 Å². The van der Waals surface area contributed by atoms with Crippen LogP contribution in [0.3, 0.4) is 0 Å². The third-order valence-corrected chi connectivity index (χ3v) is 2.57. The Bertz CT molecular complexity index is 458. The van der Waals surface area contributed by atoms with Gasteiger partial charge in [0, 0.05) is 0 Å². The summed E-state index contributed by atoms with van der Waals surface area (Å²) in [4.78, 5) is 0. The molecule has 0 aliphatic heterocycles. The molecule has 1 atom stereocenters. The smallest absolute Gasteiger partial charge is 0.0762 e. The highest BCUT2D eigenvalue weighted by molar-refractivity contribution is 5.86. The summed E-state index contributed by atoms with van der Waals surface area (Å²) >= 11 is 0. The molecule has 0 saturated carbocycles. The molecule has 0 radical (unpaired) electrons. The van der Waals surface area contributed by atoms with Crippen molar-refractivity contribution in [1.82, 2.24) is 0 Å². The number of benzene rings is 2. The highest BCUT2D eigenvalue weighted by Crippen LogP contribution is 2.23. The molecule has 1 N–H and O–H groups in total. The van der Waals surface area contributed by atoms with E-state index in [4.69, 9.17) is 0 Å². The van der Waals surface area contributed by atoms with Gasteiger partial charge in [0.15, 0.2) is 0 Å². The number of aliphatic hydroxyl groups excluding tert-OH is 1. The SMILES string of the molecule is Cc1cc(C(C)O)cc2ccccc12. The third kappa shape index (κ3) is 1.51. The molecule has 0 spiro atoms. The standard InChI is InChI=1S/C13H14O/c1-9-7-12(10(2)14)8-11-5-3-4-6-13(9)11/h3-8,10,14H,1-2H3. The number of fused-ring (bicyclic) bond motifs is 1. The fourth-order valence-corrected chi connectivity index (χ4v) is 1.77. The highest BCUT2D eigenvalue weighted by Gasteiger charge is 2.04. The maximum absolute atomic E-state index is 9.51. The first-order chi connectivity index (χ1) is 6.68. The van der Waals surface area contributed by atoms with E-state index in [1.165, 1.54) is 16.3 Å². The topological polar surface area (TPSA) is 20.2 Å². The van der Waals surface area contributed by atoms with Gasteiger partial charge in [0.1, 0.15) is 0 Å². The fourth-order valence-electron chi connectivity index (χ4n) is 1.77. The Morgan fingerprint density at radius 2 is 1.86 bits per heavy atom. The van der Waals surface area contributed by atoms with Crippen molar-refractivity contribution < 1.29 is 5.11 Å². The zero-order chi connectivity index (χ0) is 10.1. The van der Waals surface area contributed by atoms with Crippen LogP contribution in [0.2, 0.25) is 0 Å². The number of aliphatic hydroxyl groups is 1. The fraction of sp³-hybridized carbons (Fsp3) is 0.231. The monoisotopic (exact) mass is 186 g/mol. The average Bonchev–Trinajstić information content (AvgIpc) is 2.17. The van der Waals surface area contributed by atoms with E-state index in [2.05, 4.69) is 19.1 Å². The Labute approximate surface area is 84.0 Å². The Morgan fingerprint density at radius 3 is 2.57 bits per heavy atom. The zero-order valence-corrected chi connectivity index (χ0v) is 8.49. The molecule has 1 unspecified atom stereocenters. The second-order valence-electron chi connectivity index (χ2n) is 3.73. The second-order valence-corrected chi connectivity index (χ2v) is 3.73. The van der Waals surface area contributed by atoms with Crippen LogP contribution in [-0.2, 0) is 0 Å². The van der Waals surface area contributed by atoms with Gasteiger partial charge in [-0.2, -0.15) is 0 Å². The predicted octanol–water partition coefficient (Wildman–Crippen LogP) is 3.20. The summed E-state index contributed by atoms with van der Waals surface area (Å²) in [5.41, 5.74) is 2.21. The quantitative estimate of drug-likeness (QED) is 0.725. The zero-order valence-electron chi connectivity index (χ0n) is 8.49. The van der Waals surface area contributed by atoms with Gasteiger partial charge in [-0.25, -0.2) is 0 Å². The number of hydrogen-bond acceptors (Lipinski definition) is 1. The molecule has 2 rings (SSSR count). The maximum Gasteiger partial charge on any atom is 0.0762 e. The van der Waals surface area contributed by atoms with Crippen LogP contribution in [0, 0.1) is 6.92 Å². The number of hydrogen-bond donors (Lipinski definition) is 1. The van der Waals surface area contributed by atoms with Gasteiger partial charge in [-0.05, 0) is 41.8 Å². The van der Waals surface area contributed by atoms with Crippen molar-refractivity contribution in [2.75, 3.05) is 0 Å². The molecule has 0 amide bonds. The van der Waals surface area contributed by atoms with Gasteiger partial charge in [-0.1, -0.05) is 30.3 Å². The van der Waals surface area contributed by atoms with E-state index < -0.39 is 6.10 Å². The number of aryl methyl sites for hydroxylation is 1. The Balaban J connectivity index is 2.72. The molecule has 0 aliphatic rings. The Hall–Kier alpha value is -1.34. The summed E-state index contributed by atoms with van der Waals surface area (Å²) in [6.45, 7) is 3.87. The van der Waals surface area contributed by atoms with Crippen molar-refractivity contribution in [3.63, 3.8) is 0 Å². The van der Waals surface area contributed by atoms with Crippen LogP contribution >= 0.6 is 0 Å². The lowest BCUT2D eigenvalue weighted by molar-refractivity contribution is 0.199. The first-order valence-electron chi connectivity index (χ1n) is 4.86. The summed E-state index contributed by atoms with van der Waals surface area (Å²) in [6, 6.07) is 12.3. The molecule has 0 fully saturated rings. The molecule has 0 aromatic heterocycles. The molecule has 0 heterocycles. The van der Waals surface area contributed by atoms with Gasteiger partial charge in [0.05, 0.1) is 6.10 Å². The minimum absolute atomic E-state index is 0.390. The van der Waals surface area contributed by atoms with Crippen LogP contribution in [0.4, 0.5) is 0 Å². The third-order valence-electron chi connectivity index (χ3n) is 2.57. The van der Waals surface area contributed by atoms with E-state index in [0.29, 0.717) is 0 Å². The molecule has 72 valence electrons. The van der Waals surface area contributed by atoms with Gasteiger partial charge in [0.25, 0.3) is 0 Å². The van der Waals surface area contributed by atoms with E-state index >= 15 is 0 Å². The van der Waals surface area contributed by atoms with Crippen molar-refractivity contribution in [3.05, 3.63) is 47.5 Å². The van der Waals surface area contributed by atoms with Crippen LogP contribution in [0.25, 0.3) is 10.8 Å². The largest absolute Gasteiger partial charge is 0.389 e. The van der Waals surface area contributed by atoms with Crippen LogP contribution < -0.4 is 0 Å². The average molecular weight is 186 g/mol. The van der Waals surface area contributed by atoms with Crippen molar-refractivity contribution in [3.8, 4) is 0 Å². The van der Waals surface area contributed by atoms with Crippen LogP contribution in [0.1, 0.15) is 24.2 Å². The number of rotatable bonds is 1. The lowest BCUT2D eigenvalue weighted by atomic mass is 10.00. The summed E-state index contributed by atoms with van der Waals surface area (Å²) in [7, 11) is 0. The molecule has 14 heavy (non-hydrogen) atoms. The Morgan fingerprint density at radius 1 is 1.14 bits per heavy atom. The van der Waals surface area contributed by atoms with Gasteiger partial charge < -0.3 is 5.11 Å². The van der Waals surface area contributed by atoms with Gasteiger partial charge in [-0.15, -0.1) is 0 Å². The predicted molar refractivity (Wildman–Crippen MR) is 59.3 cm³/mol. The minimum Gasteiger partial charge on any atom is -0.389 e. The van der Waals surface area contributed by atoms with Crippen molar-refractivity contribution in [2.24, 2.45) is 0 Å². The molecule has 1 nitrogen and oxygen atoms in total. The highest BCUT2D eigenvalue weighted by atomic mass is 16.3. The van der Waals surface area contributed by atoms with Crippen molar-refractivity contribution >= 4 is 10.8 Å². The lowest BCUT2D eigenvalue weighted by Crippen LogP contribution is -1.92. The van der Waals surface area contributed by atoms with E-state index in [9.17, 15) is 5.11 Å². The first-order valence-corrected chi connectivity index (χ1v) is 4.86. The summed E-state index contributed by atoms with van der Waals surface area (Å²) in [5.74, 6) is 0. The molecule has 2 aromatic rings. The van der Waals surface area contributed by atoms with E-state index in [-0.39, 0.29) is 0 Å². The van der Waals surface area contributed by atoms with Crippen molar-refractivity contribution in [1.29, 1.82) is 0 Å². The normalized spacial score (nSPS) is 13.1. The van der Waals surface area contributed by atoms with Gasteiger partial charge in [-0.3, -0.25) is 0 Å². The van der Waals surface area contributed by atoms with E-state index in [0.717, 1.165) is 5.56 Å². The van der Waals surface area contributed by atoms with Crippen LogP contribution in [0.5, 0.6) is 0 Å². The maximum atomic E-state index is 9.51. The minimum atomic E-state index is -0.390. The van der Waals surface area contributed by atoms with Crippen molar-refractivity contribution in [2.45, 2.75) is 20.0 Å². The molecule has 2 aromatic carbocycles. The molecule has 1 heteroatoms. The molecule has 0 saturated heterocycles. The first kappa shape index (κ1) is 9.22. The molecule has 0 bridgehead atoms. The molecular formula is C13H14O. The lowest BCUT2D eigenvalue weighted by Gasteiger charge is -2.09. The van der Waals surface area contributed by atoms with E-state index in [1.54, 1.807) is 6.92 Å². The van der Waals surface area contributed by atoms with Crippen LogP contribution in [0.15, 0.2) is 36.4 Å². The van der Waals surface area contributed by atoms with E-state index in [1.807, 2.05) is 24.3 Å². The molecular weight excluding hydrogens is 172 g/mol. The molecule has 0 aliphatic carbocycles. The Kier molecular flexibility index (Phi) is 2.26. The summed E-state index contributed by atoms with van der Waals surface area (Å²) in [6.07, 6.45) is -0.390.